The van der Waals surface area contributed by atoms with E-state index in [1.807, 2.05) is 31.3 Å². The molecule has 2 N–H and O–H groups in total. The largest absolute Gasteiger partial charge is 0.371 e. The first-order valence-electron chi connectivity index (χ1n) is 11.2. The number of rotatable bonds is 5. The zero-order valence-electron chi connectivity index (χ0n) is 18.1. The minimum absolute atomic E-state index is 0.311. The van der Waals surface area contributed by atoms with Crippen molar-refractivity contribution in [3.05, 3.63) is 65.2 Å². The summed E-state index contributed by atoms with van der Waals surface area (Å²) >= 11 is 0. The number of carbonyl (C=O) groups excluding carboxylic acids is 1. The lowest BCUT2D eigenvalue weighted by molar-refractivity contribution is 0.102. The summed E-state index contributed by atoms with van der Waals surface area (Å²) in [5, 5.41) is 14.9. The topological polar surface area (TPSA) is 75.1 Å². The zero-order chi connectivity index (χ0) is 22.1. The molecule has 7 nitrogen and oxygen atoms in total. The summed E-state index contributed by atoms with van der Waals surface area (Å²) in [6, 6.07) is 10.2. The number of nitrogens with zero attached hydrogens (tertiary/aromatic N) is 4. The lowest BCUT2D eigenvalue weighted by atomic mass is 10.1. The number of nitrogens with one attached hydrogen (secondary N) is 2. The standard InChI is InChI=1S/C24H27FN6O/c1-16-4-5-20(13-23(16)31-15-22(28-29-31)17-6-7-26-14-17)27-24(32)18-10-19(25)12-21(11-18)30-8-2-3-9-30/h4-5,10-13,15,17,26H,2-3,6-9,14H2,1H3,(H,27,32). The quantitative estimate of drug-likeness (QED) is 0.641. The van der Waals surface area contributed by atoms with E-state index in [0.717, 1.165) is 68.1 Å². The van der Waals surface area contributed by atoms with Crippen LogP contribution in [0, 0.1) is 12.7 Å². The maximum Gasteiger partial charge on any atom is 0.255 e. The van der Waals surface area contributed by atoms with Crippen LogP contribution in [0.3, 0.4) is 0 Å². The average molecular weight is 435 g/mol. The third kappa shape index (κ3) is 4.23. The van der Waals surface area contributed by atoms with Gasteiger partial charge >= 0.3 is 0 Å². The first kappa shape index (κ1) is 20.6. The van der Waals surface area contributed by atoms with Crippen molar-refractivity contribution in [2.75, 3.05) is 36.4 Å². The fraction of sp³-hybridized carbons (Fsp3) is 0.375. The third-order valence-corrected chi connectivity index (χ3v) is 6.32. The second-order valence-corrected chi connectivity index (χ2v) is 8.63. The molecule has 1 unspecified atom stereocenters. The molecule has 2 saturated heterocycles. The Hall–Kier alpha value is -3.26. The molecule has 2 aliphatic heterocycles. The molecule has 5 rings (SSSR count). The maximum atomic E-state index is 14.2. The smallest absolute Gasteiger partial charge is 0.255 e. The molecule has 3 heterocycles. The molecule has 0 saturated carbocycles. The highest BCUT2D eigenvalue weighted by molar-refractivity contribution is 6.05. The van der Waals surface area contributed by atoms with Gasteiger partial charge in [0.05, 0.1) is 17.6 Å². The summed E-state index contributed by atoms with van der Waals surface area (Å²) < 4.78 is 16.0. The van der Waals surface area contributed by atoms with Crippen LogP contribution in [0.15, 0.2) is 42.6 Å². The van der Waals surface area contributed by atoms with E-state index in [-0.39, 0.29) is 5.91 Å². The monoisotopic (exact) mass is 434 g/mol. The van der Waals surface area contributed by atoms with Gasteiger partial charge in [-0.2, -0.15) is 0 Å². The molecule has 0 bridgehead atoms. The van der Waals surface area contributed by atoms with Crippen molar-refractivity contribution in [2.45, 2.75) is 32.1 Å². The highest BCUT2D eigenvalue weighted by atomic mass is 19.1. The van der Waals surface area contributed by atoms with Crippen LogP contribution in [0.25, 0.3) is 5.69 Å². The Balaban J connectivity index is 1.36. The van der Waals surface area contributed by atoms with Crippen molar-refractivity contribution in [3.8, 4) is 5.69 Å². The van der Waals surface area contributed by atoms with E-state index in [2.05, 4.69) is 25.8 Å². The molecule has 1 atom stereocenters. The van der Waals surface area contributed by atoms with Gasteiger partial charge in [0.15, 0.2) is 0 Å². The molecular weight excluding hydrogens is 407 g/mol. The van der Waals surface area contributed by atoms with Crippen LogP contribution in [0.5, 0.6) is 0 Å². The fourth-order valence-electron chi connectivity index (χ4n) is 4.49. The van der Waals surface area contributed by atoms with E-state index in [9.17, 15) is 9.18 Å². The Bertz CT molecular complexity index is 1130. The molecule has 0 spiro atoms. The van der Waals surface area contributed by atoms with Crippen molar-refractivity contribution >= 4 is 17.3 Å². The average Bonchev–Trinajstić information content (AvgIpc) is 3.56. The number of benzene rings is 2. The van der Waals surface area contributed by atoms with Gasteiger partial charge in [0.25, 0.3) is 5.91 Å². The van der Waals surface area contributed by atoms with Crippen molar-refractivity contribution in [1.82, 2.24) is 20.3 Å². The van der Waals surface area contributed by atoms with Gasteiger partial charge in [-0.25, -0.2) is 9.07 Å². The molecule has 0 aliphatic carbocycles. The van der Waals surface area contributed by atoms with Crippen molar-refractivity contribution in [2.24, 2.45) is 0 Å². The van der Waals surface area contributed by atoms with Crippen LogP contribution in [-0.4, -0.2) is 47.1 Å². The summed E-state index contributed by atoms with van der Waals surface area (Å²) in [7, 11) is 0. The fourth-order valence-corrected chi connectivity index (χ4v) is 4.49. The van der Waals surface area contributed by atoms with E-state index in [4.69, 9.17) is 0 Å². The van der Waals surface area contributed by atoms with Gasteiger partial charge in [-0.3, -0.25) is 4.79 Å². The summed E-state index contributed by atoms with van der Waals surface area (Å²) in [5.41, 5.74) is 4.54. The van der Waals surface area contributed by atoms with E-state index in [1.165, 1.54) is 12.1 Å². The Morgan fingerprint density at radius 2 is 2.03 bits per heavy atom. The number of carbonyl (C=O) groups is 1. The second-order valence-electron chi connectivity index (χ2n) is 8.63. The molecule has 1 amide bonds. The Kier molecular flexibility index (Phi) is 5.61. The Morgan fingerprint density at radius 3 is 2.81 bits per heavy atom. The number of halogens is 1. The lowest BCUT2D eigenvalue weighted by Crippen LogP contribution is -2.19. The van der Waals surface area contributed by atoms with Gasteiger partial charge < -0.3 is 15.5 Å². The van der Waals surface area contributed by atoms with Gasteiger partial charge in [0.1, 0.15) is 5.82 Å². The molecule has 0 radical (unpaired) electrons. The predicted molar refractivity (Wildman–Crippen MR) is 122 cm³/mol. The number of hydrogen-bond acceptors (Lipinski definition) is 5. The van der Waals surface area contributed by atoms with Crippen LogP contribution >= 0.6 is 0 Å². The normalized spacial score (nSPS) is 18.3. The first-order valence-corrected chi connectivity index (χ1v) is 11.2. The van der Waals surface area contributed by atoms with E-state index in [0.29, 0.717) is 17.2 Å². The molecule has 3 aromatic rings. The van der Waals surface area contributed by atoms with Gasteiger partial charge in [-0.1, -0.05) is 11.3 Å². The number of amides is 1. The predicted octanol–water partition coefficient (Wildman–Crippen LogP) is 3.64. The zero-order valence-corrected chi connectivity index (χ0v) is 18.1. The van der Waals surface area contributed by atoms with Gasteiger partial charge in [0.2, 0.25) is 0 Å². The number of aromatic nitrogens is 3. The molecule has 166 valence electrons. The maximum absolute atomic E-state index is 14.2. The van der Waals surface area contributed by atoms with Crippen molar-refractivity contribution in [1.29, 1.82) is 0 Å². The highest BCUT2D eigenvalue weighted by Crippen LogP contribution is 2.25. The van der Waals surface area contributed by atoms with Crippen LogP contribution in [0.2, 0.25) is 0 Å². The van der Waals surface area contributed by atoms with Gasteiger partial charge in [-0.15, -0.1) is 5.10 Å². The molecule has 2 aromatic carbocycles. The first-order chi connectivity index (χ1) is 15.6. The summed E-state index contributed by atoms with van der Waals surface area (Å²) in [5.74, 6) is -0.360. The van der Waals surface area contributed by atoms with E-state index in [1.54, 1.807) is 10.7 Å². The Labute approximate surface area is 186 Å². The molecule has 8 heteroatoms. The third-order valence-electron chi connectivity index (χ3n) is 6.32. The highest BCUT2D eigenvalue weighted by Gasteiger charge is 2.21. The van der Waals surface area contributed by atoms with E-state index < -0.39 is 5.82 Å². The van der Waals surface area contributed by atoms with Gasteiger partial charge in [0, 0.05) is 42.5 Å². The SMILES string of the molecule is Cc1ccc(NC(=O)c2cc(F)cc(N3CCCC3)c2)cc1-n1cc(C2CCNC2)nn1. The minimum atomic E-state index is -0.402. The molecule has 2 fully saturated rings. The van der Waals surface area contributed by atoms with Crippen LogP contribution in [0.1, 0.15) is 46.8 Å². The number of aryl methyl sites for hydroxylation is 1. The van der Waals surface area contributed by atoms with E-state index >= 15 is 0 Å². The molecular formula is C24H27FN6O. The number of hydrogen-bond donors (Lipinski definition) is 2. The lowest BCUT2D eigenvalue weighted by Gasteiger charge is -2.18. The minimum Gasteiger partial charge on any atom is -0.371 e. The summed E-state index contributed by atoms with van der Waals surface area (Å²) in [6.45, 7) is 5.69. The van der Waals surface area contributed by atoms with Gasteiger partial charge in [-0.05, 0) is 68.6 Å². The molecule has 1 aromatic heterocycles. The van der Waals surface area contributed by atoms with Crippen molar-refractivity contribution < 1.29 is 9.18 Å². The van der Waals surface area contributed by atoms with Crippen LogP contribution in [0.4, 0.5) is 15.8 Å². The molecule has 32 heavy (non-hydrogen) atoms. The number of anilines is 2. The summed E-state index contributed by atoms with van der Waals surface area (Å²) in [4.78, 5) is 15.0. The van der Waals surface area contributed by atoms with Crippen LogP contribution in [-0.2, 0) is 0 Å². The van der Waals surface area contributed by atoms with Crippen LogP contribution < -0.4 is 15.5 Å². The second kappa shape index (κ2) is 8.70. The van der Waals surface area contributed by atoms with Crippen molar-refractivity contribution in [3.63, 3.8) is 0 Å². The summed E-state index contributed by atoms with van der Waals surface area (Å²) in [6.07, 6.45) is 5.19. The Morgan fingerprint density at radius 1 is 1.19 bits per heavy atom. The molecule has 2 aliphatic rings.